The smallest absolute Gasteiger partial charge is 0.150 e. The number of aromatic nitrogens is 1. The molecule has 21 heavy (non-hydrogen) atoms. The lowest BCUT2D eigenvalue weighted by molar-refractivity contribution is 0.590. The van der Waals surface area contributed by atoms with Crippen molar-refractivity contribution in [3.8, 4) is 6.07 Å². The van der Waals surface area contributed by atoms with Gasteiger partial charge in [-0.15, -0.1) is 0 Å². The fourth-order valence-electron chi connectivity index (χ4n) is 2.12. The molecule has 0 aliphatic heterocycles. The lowest BCUT2D eigenvalue weighted by atomic mass is 10.1. The molecule has 0 bridgehead atoms. The van der Waals surface area contributed by atoms with Gasteiger partial charge in [0.15, 0.2) is 11.6 Å². The van der Waals surface area contributed by atoms with Gasteiger partial charge in [-0.1, -0.05) is 12.1 Å². The Morgan fingerprint density at radius 2 is 1.86 bits per heavy atom. The summed E-state index contributed by atoms with van der Waals surface area (Å²) in [5.41, 5.74) is 0.230. The zero-order chi connectivity index (χ0) is 14.8. The Labute approximate surface area is 119 Å². The van der Waals surface area contributed by atoms with Crippen molar-refractivity contribution in [3.63, 3.8) is 0 Å². The molecule has 1 N–H and O–H groups in total. The number of rotatable bonds is 2. The largest absolute Gasteiger partial charge is 0.350 e. The summed E-state index contributed by atoms with van der Waals surface area (Å²) in [6.45, 7) is 0. The number of benzene rings is 2. The third-order valence-electron chi connectivity index (χ3n) is 3.11. The molecule has 1 aromatic heterocycles. The van der Waals surface area contributed by atoms with E-state index in [1.807, 2.05) is 6.07 Å². The second kappa shape index (κ2) is 5.17. The van der Waals surface area contributed by atoms with Crippen molar-refractivity contribution >= 4 is 22.1 Å². The second-order valence-corrected chi connectivity index (χ2v) is 4.45. The van der Waals surface area contributed by atoms with Gasteiger partial charge in [0, 0.05) is 28.9 Å². The SMILES string of the molecule is N#Cc1cc(F)c(Nc2cccc3cnccc23)c(F)c1. The van der Waals surface area contributed by atoms with Crippen molar-refractivity contribution in [1.82, 2.24) is 4.98 Å². The van der Waals surface area contributed by atoms with Crippen LogP contribution in [-0.2, 0) is 0 Å². The first-order valence-corrected chi connectivity index (χ1v) is 6.18. The standard InChI is InChI=1S/C16H9F2N3/c17-13-6-10(8-19)7-14(18)16(13)21-15-3-1-2-11-9-20-5-4-12(11)15/h1-7,9,21H. The van der Waals surface area contributed by atoms with Crippen LogP contribution in [0.3, 0.4) is 0 Å². The van der Waals surface area contributed by atoms with Crippen molar-refractivity contribution in [2.24, 2.45) is 0 Å². The summed E-state index contributed by atoms with van der Waals surface area (Å²) in [6, 6.07) is 10.8. The van der Waals surface area contributed by atoms with E-state index >= 15 is 0 Å². The Bertz CT molecular complexity index is 841. The molecule has 3 aromatic rings. The van der Waals surface area contributed by atoms with E-state index < -0.39 is 11.6 Å². The molecule has 0 unspecified atom stereocenters. The van der Waals surface area contributed by atoms with Crippen LogP contribution in [0.15, 0.2) is 48.8 Å². The molecule has 3 nitrogen and oxygen atoms in total. The second-order valence-electron chi connectivity index (χ2n) is 4.45. The third-order valence-corrected chi connectivity index (χ3v) is 3.11. The molecule has 102 valence electrons. The lowest BCUT2D eigenvalue weighted by Gasteiger charge is -2.11. The monoisotopic (exact) mass is 281 g/mol. The van der Waals surface area contributed by atoms with Crippen LogP contribution in [0, 0.1) is 23.0 Å². The van der Waals surface area contributed by atoms with Crippen LogP contribution in [0.4, 0.5) is 20.2 Å². The fourth-order valence-corrected chi connectivity index (χ4v) is 2.12. The van der Waals surface area contributed by atoms with Crippen molar-refractivity contribution in [1.29, 1.82) is 5.26 Å². The predicted molar refractivity (Wildman–Crippen MR) is 76.1 cm³/mol. The number of hydrogen-bond acceptors (Lipinski definition) is 3. The fraction of sp³-hybridized carbons (Fsp3) is 0. The van der Waals surface area contributed by atoms with Crippen LogP contribution >= 0.6 is 0 Å². The Morgan fingerprint density at radius 1 is 1.10 bits per heavy atom. The summed E-state index contributed by atoms with van der Waals surface area (Å²) in [6.07, 6.45) is 3.28. The number of nitrogens with one attached hydrogen (secondary N) is 1. The number of pyridine rings is 1. The van der Waals surface area contributed by atoms with Crippen molar-refractivity contribution in [3.05, 3.63) is 66.0 Å². The molecule has 1 heterocycles. The summed E-state index contributed by atoms with van der Waals surface area (Å²) < 4.78 is 27.8. The lowest BCUT2D eigenvalue weighted by Crippen LogP contribution is -1.99. The van der Waals surface area contributed by atoms with Gasteiger partial charge >= 0.3 is 0 Å². The molecule has 3 rings (SSSR count). The van der Waals surface area contributed by atoms with Crippen LogP contribution in [-0.4, -0.2) is 4.98 Å². The average molecular weight is 281 g/mol. The molecule has 0 saturated heterocycles. The van der Waals surface area contributed by atoms with E-state index in [0.717, 1.165) is 22.9 Å². The van der Waals surface area contributed by atoms with Gasteiger partial charge in [-0.25, -0.2) is 8.78 Å². The number of fused-ring (bicyclic) bond motifs is 1. The van der Waals surface area contributed by atoms with Crippen LogP contribution in [0.2, 0.25) is 0 Å². The molecule has 0 atom stereocenters. The Kier molecular flexibility index (Phi) is 3.20. The van der Waals surface area contributed by atoms with Gasteiger partial charge in [-0.2, -0.15) is 5.26 Å². The quantitative estimate of drug-likeness (QED) is 0.768. The topological polar surface area (TPSA) is 48.7 Å². The first-order chi connectivity index (χ1) is 10.2. The van der Waals surface area contributed by atoms with Gasteiger partial charge in [0.1, 0.15) is 5.69 Å². The van der Waals surface area contributed by atoms with Gasteiger partial charge in [0.25, 0.3) is 0 Å². The van der Waals surface area contributed by atoms with Crippen LogP contribution in [0.1, 0.15) is 5.56 Å². The van der Waals surface area contributed by atoms with E-state index in [2.05, 4.69) is 10.3 Å². The molecule has 0 fully saturated rings. The van der Waals surface area contributed by atoms with Crippen LogP contribution in [0.5, 0.6) is 0 Å². The number of nitriles is 1. The van der Waals surface area contributed by atoms with Crippen LogP contribution in [0.25, 0.3) is 10.8 Å². The minimum Gasteiger partial charge on any atom is -0.350 e. The Balaban J connectivity index is 2.10. The van der Waals surface area contributed by atoms with Crippen molar-refractivity contribution in [2.45, 2.75) is 0 Å². The van der Waals surface area contributed by atoms with E-state index in [9.17, 15) is 8.78 Å². The maximum atomic E-state index is 13.9. The summed E-state index contributed by atoms with van der Waals surface area (Å²) >= 11 is 0. The zero-order valence-electron chi connectivity index (χ0n) is 10.8. The minimum absolute atomic E-state index is 0.0577. The highest BCUT2D eigenvalue weighted by molar-refractivity contribution is 5.94. The number of anilines is 2. The van der Waals surface area contributed by atoms with Gasteiger partial charge in [-0.05, 0) is 24.3 Å². The number of hydrogen-bond donors (Lipinski definition) is 1. The van der Waals surface area contributed by atoms with E-state index in [4.69, 9.17) is 5.26 Å². The average Bonchev–Trinajstić information content (AvgIpc) is 2.50. The minimum atomic E-state index is -0.808. The van der Waals surface area contributed by atoms with Gasteiger partial charge in [0.05, 0.1) is 11.6 Å². The van der Waals surface area contributed by atoms with E-state index in [1.54, 1.807) is 36.7 Å². The summed E-state index contributed by atoms with van der Waals surface area (Å²) in [5.74, 6) is -1.62. The van der Waals surface area contributed by atoms with E-state index in [-0.39, 0.29) is 11.3 Å². The predicted octanol–water partition coefficient (Wildman–Crippen LogP) is 4.13. The van der Waals surface area contributed by atoms with Crippen molar-refractivity contribution < 1.29 is 8.78 Å². The van der Waals surface area contributed by atoms with E-state index in [1.165, 1.54) is 0 Å². The Hall–Kier alpha value is -3.00. The Morgan fingerprint density at radius 3 is 2.57 bits per heavy atom. The maximum absolute atomic E-state index is 13.9. The highest BCUT2D eigenvalue weighted by atomic mass is 19.1. The molecule has 5 heteroatoms. The third kappa shape index (κ3) is 2.39. The molecule has 0 spiro atoms. The summed E-state index contributed by atoms with van der Waals surface area (Å²) in [7, 11) is 0. The van der Waals surface area contributed by atoms with Gasteiger partial charge < -0.3 is 5.32 Å². The van der Waals surface area contributed by atoms with Gasteiger partial charge in [-0.3, -0.25) is 4.98 Å². The van der Waals surface area contributed by atoms with Crippen LogP contribution < -0.4 is 5.32 Å². The first-order valence-electron chi connectivity index (χ1n) is 6.18. The number of halogens is 2. The first kappa shape index (κ1) is 13.0. The summed E-state index contributed by atoms with van der Waals surface area (Å²) in [4.78, 5) is 4.01. The highest BCUT2D eigenvalue weighted by Crippen LogP contribution is 2.29. The maximum Gasteiger partial charge on any atom is 0.150 e. The molecule has 0 aliphatic carbocycles. The normalized spacial score (nSPS) is 10.3. The molecule has 0 aliphatic rings. The molecular weight excluding hydrogens is 272 g/mol. The number of nitrogens with zero attached hydrogens (tertiary/aromatic N) is 2. The molecule has 0 saturated carbocycles. The highest BCUT2D eigenvalue weighted by Gasteiger charge is 2.12. The van der Waals surface area contributed by atoms with E-state index in [0.29, 0.717) is 5.69 Å². The van der Waals surface area contributed by atoms with Gasteiger partial charge in [0.2, 0.25) is 0 Å². The zero-order valence-corrected chi connectivity index (χ0v) is 10.8. The molecule has 2 aromatic carbocycles. The molecule has 0 radical (unpaired) electrons. The summed E-state index contributed by atoms with van der Waals surface area (Å²) in [5, 5.41) is 13.1. The van der Waals surface area contributed by atoms with Crippen molar-refractivity contribution in [2.75, 3.05) is 5.32 Å². The molecule has 0 amide bonds. The molecular formula is C16H9F2N3.